The van der Waals surface area contributed by atoms with E-state index in [0.29, 0.717) is 19.3 Å². The van der Waals surface area contributed by atoms with Crippen molar-refractivity contribution in [1.82, 2.24) is 5.32 Å². The van der Waals surface area contributed by atoms with E-state index in [2.05, 4.69) is 31.3 Å². The minimum absolute atomic E-state index is 0.260. The largest absolute Gasteiger partial charge is 0.394 e. The molecule has 0 aromatic carbocycles. The van der Waals surface area contributed by atoms with Gasteiger partial charge in [0.25, 0.3) is 0 Å². The number of amides is 1. The van der Waals surface area contributed by atoms with Gasteiger partial charge in [-0.2, -0.15) is 0 Å². The van der Waals surface area contributed by atoms with E-state index in [-0.39, 0.29) is 6.42 Å². The molecule has 1 heterocycles. The topological polar surface area (TPSA) is 189 Å². The summed E-state index contributed by atoms with van der Waals surface area (Å²) in [4.78, 5) is 13.2. The van der Waals surface area contributed by atoms with Crippen molar-refractivity contribution in [2.24, 2.45) is 0 Å². The Kier molecular flexibility index (Phi) is 54.1. The lowest BCUT2D eigenvalue weighted by Gasteiger charge is -2.40. The Hall–Kier alpha value is -1.15. The van der Waals surface area contributed by atoms with Crippen molar-refractivity contribution in [2.45, 2.75) is 396 Å². The minimum Gasteiger partial charge on any atom is -0.394 e. The molecule has 0 radical (unpaired) electrons. The number of carbonyl (C=O) groups is 1. The van der Waals surface area contributed by atoms with Crippen LogP contribution in [0.4, 0.5) is 0 Å². The molecule has 0 aliphatic carbocycles. The van der Waals surface area contributed by atoms with Crippen molar-refractivity contribution in [3.63, 3.8) is 0 Å². The molecular weight excluding hydrogens is 979 g/mol. The fourth-order valence-corrected chi connectivity index (χ4v) is 11.3. The average Bonchev–Trinajstić information content (AvgIpc) is 3.46. The Morgan fingerprint density at radius 3 is 1.08 bits per heavy atom. The van der Waals surface area contributed by atoms with E-state index in [9.17, 15) is 40.5 Å². The fourth-order valence-electron chi connectivity index (χ4n) is 11.3. The van der Waals surface area contributed by atoms with E-state index in [1.165, 1.54) is 257 Å². The summed E-state index contributed by atoms with van der Waals surface area (Å²) in [5.41, 5.74) is 0. The summed E-state index contributed by atoms with van der Waals surface area (Å²) in [7, 11) is 0. The number of allylic oxidation sites excluding steroid dienone is 2. The van der Waals surface area contributed by atoms with E-state index >= 15 is 0 Å². The molecule has 11 nitrogen and oxygen atoms in total. The highest BCUT2D eigenvalue weighted by Crippen LogP contribution is 2.24. The number of carbonyl (C=O) groups excluding carboxylic acids is 1. The zero-order valence-electron chi connectivity index (χ0n) is 51.2. The normalized spacial score (nSPS) is 19.4. The number of hydrogen-bond donors (Lipinski definition) is 8. The van der Waals surface area contributed by atoms with Crippen LogP contribution in [-0.2, 0) is 14.3 Å². The highest BCUT2D eigenvalue weighted by atomic mass is 16.7. The number of rotatable bonds is 60. The maximum absolute atomic E-state index is 13.2. The summed E-state index contributed by atoms with van der Waals surface area (Å²) in [6, 6.07) is -1.17. The highest BCUT2D eigenvalue weighted by Gasteiger charge is 2.44. The fraction of sp³-hybridized carbons (Fsp3) is 0.955. The van der Waals surface area contributed by atoms with Gasteiger partial charge >= 0.3 is 0 Å². The van der Waals surface area contributed by atoms with Crippen molar-refractivity contribution in [2.75, 3.05) is 13.2 Å². The van der Waals surface area contributed by atoms with E-state index in [1.54, 1.807) is 0 Å². The third-order valence-corrected chi connectivity index (χ3v) is 16.8. The van der Waals surface area contributed by atoms with Gasteiger partial charge in [-0.3, -0.25) is 4.79 Å². The standard InChI is InChI=1S/C67H131NO10/c1-3-5-7-9-11-13-15-17-19-21-23-25-27-29-30-31-33-34-36-38-40-42-44-46-48-50-52-54-59(70)62(72)58(57-77-67-65(75)64(74)63(73)61(56-69)78-67)68-66(76)60(71)55-53-51-49-47-45-43-41-39-37-35-32-28-26-24-22-20-18-16-14-12-10-8-6-4-2/h32,35,58-65,67,69-75H,3-31,33-34,36-57H2,1-2H3,(H,68,76)/b35-32-. The van der Waals surface area contributed by atoms with Crippen LogP contribution < -0.4 is 5.32 Å². The molecule has 9 atom stereocenters. The Labute approximate surface area is 481 Å². The van der Waals surface area contributed by atoms with Crippen LogP contribution in [0.3, 0.4) is 0 Å². The van der Waals surface area contributed by atoms with Crippen LogP contribution in [0, 0.1) is 0 Å². The average molecular weight is 1110 g/mol. The molecule has 1 rings (SSSR count). The number of aliphatic hydroxyl groups excluding tert-OH is 7. The van der Waals surface area contributed by atoms with Crippen molar-refractivity contribution in [3.05, 3.63) is 12.2 Å². The predicted molar refractivity (Wildman–Crippen MR) is 326 cm³/mol. The minimum atomic E-state index is -1.66. The summed E-state index contributed by atoms with van der Waals surface area (Å²) >= 11 is 0. The summed E-state index contributed by atoms with van der Waals surface area (Å²) in [6.45, 7) is 3.52. The van der Waals surface area contributed by atoms with Crippen molar-refractivity contribution in [3.8, 4) is 0 Å². The molecular formula is C67H131NO10. The summed E-state index contributed by atoms with van der Waals surface area (Å²) in [5.74, 6) is -0.692. The number of aliphatic hydroxyl groups is 7. The maximum atomic E-state index is 13.2. The molecule has 1 amide bonds. The summed E-state index contributed by atoms with van der Waals surface area (Å²) < 4.78 is 11.2. The van der Waals surface area contributed by atoms with Crippen LogP contribution in [0.5, 0.6) is 0 Å². The molecule has 1 aliphatic heterocycles. The van der Waals surface area contributed by atoms with Gasteiger partial charge in [0.2, 0.25) is 5.91 Å². The first-order valence-electron chi connectivity index (χ1n) is 34.1. The Bertz CT molecular complexity index is 1270. The van der Waals surface area contributed by atoms with Crippen LogP contribution in [0.2, 0.25) is 0 Å². The van der Waals surface area contributed by atoms with Crippen LogP contribution in [0.25, 0.3) is 0 Å². The van der Waals surface area contributed by atoms with Crippen LogP contribution in [-0.4, -0.2) is 110 Å². The third-order valence-electron chi connectivity index (χ3n) is 16.8. The van der Waals surface area contributed by atoms with Gasteiger partial charge in [-0.25, -0.2) is 0 Å². The molecule has 0 spiro atoms. The van der Waals surface area contributed by atoms with Gasteiger partial charge in [-0.15, -0.1) is 0 Å². The third kappa shape index (κ3) is 43.5. The molecule has 0 bridgehead atoms. The van der Waals surface area contributed by atoms with Gasteiger partial charge in [-0.1, -0.05) is 315 Å². The second-order valence-electron chi connectivity index (χ2n) is 24.3. The van der Waals surface area contributed by atoms with E-state index in [1.807, 2.05) is 0 Å². The quantitative estimate of drug-likeness (QED) is 0.0215. The summed E-state index contributed by atoms with van der Waals surface area (Å²) in [5, 5.41) is 76.5. The van der Waals surface area contributed by atoms with Crippen LogP contribution in [0.15, 0.2) is 12.2 Å². The van der Waals surface area contributed by atoms with E-state index < -0.39 is 74.2 Å². The van der Waals surface area contributed by atoms with Gasteiger partial charge in [-0.05, 0) is 38.5 Å². The molecule has 11 heteroatoms. The molecule has 464 valence electrons. The summed E-state index contributed by atoms with van der Waals surface area (Å²) in [6.07, 6.45) is 57.1. The number of hydrogen-bond acceptors (Lipinski definition) is 10. The molecule has 1 saturated heterocycles. The second-order valence-corrected chi connectivity index (χ2v) is 24.3. The number of nitrogens with one attached hydrogen (secondary N) is 1. The number of ether oxygens (including phenoxy) is 2. The SMILES string of the molecule is CCCCCCCCCCCCCC/C=C\CCCCCCCCCCC(O)C(=O)NC(COC1OC(CO)C(O)C(O)C1O)C(O)C(O)CCCCCCCCCCCCCCCCCCCCCCCCCCCCC. The van der Waals surface area contributed by atoms with Crippen LogP contribution >= 0.6 is 0 Å². The van der Waals surface area contributed by atoms with Crippen molar-refractivity contribution in [1.29, 1.82) is 0 Å². The molecule has 9 unspecified atom stereocenters. The molecule has 8 N–H and O–H groups in total. The first-order valence-corrected chi connectivity index (χ1v) is 34.1. The van der Waals surface area contributed by atoms with Gasteiger partial charge in [0.15, 0.2) is 6.29 Å². The van der Waals surface area contributed by atoms with Gasteiger partial charge < -0.3 is 50.5 Å². The Balaban J connectivity index is 2.22. The van der Waals surface area contributed by atoms with Crippen LogP contribution in [0.1, 0.15) is 341 Å². The Morgan fingerprint density at radius 1 is 0.436 bits per heavy atom. The van der Waals surface area contributed by atoms with Gasteiger partial charge in [0.05, 0.1) is 25.4 Å². The predicted octanol–water partition coefficient (Wildman–Crippen LogP) is 15.9. The molecule has 0 saturated carbocycles. The molecule has 0 aromatic rings. The maximum Gasteiger partial charge on any atom is 0.249 e. The van der Waals surface area contributed by atoms with Gasteiger partial charge in [0, 0.05) is 0 Å². The molecule has 0 aromatic heterocycles. The zero-order valence-corrected chi connectivity index (χ0v) is 51.2. The molecule has 1 fully saturated rings. The van der Waals surface area contributed by atoms with Crippen molar-refractivity contribution < 1.29 is 50.0 Å². The lowest BCUT2D eigenvalue weighted by Crippen LogP contribution is -2.60. The van der Waals surface area contributed by atoms with E-state index in [4.69, 9.17) is 9.47 Å². The monoisotopic (exact) mass is 1110 g/mol. The number of unbranched alkanes of at least 4 members (excludes halogenated alkanes) is 46. The second kappa shape index (κ2) is 56.3. The lowest BCUT2D eigenvalue weighted by atomic mass is 9.98. The van der Waals surface area contributed by atoms with Crippen molar-refractivity contribution >= 4 is 5.91 Å². The smallest absolute Gasteiger partial charge is 0.249 e. The van der Waals surface area contributed by atoms with Gasteiger partial charge in [0.1, 0.15) is 36.6 Å². The lowest BCUT2D eigenvalue weighted by molar-refractivity contribution is -0.303. The molecule has 78 heavy (non-hydrogen) atoms. The molecule has 1 aliphatic rings. The van der Waals surface area contributed by atoms with E-state index in [0.717, 1.165) is 44.9 Å². The zero-order chi connectivity index (χ0) is 56.8. The Morgan fingerprint density at radius 2 is 0.744 bits per heavy atom. The first kappa shape index (κ1) is 74.9. The first-order chi connectivity index (χ1) is 38.2. The highest BCUT2D eigenvalue weighted by molar-refractivity contribution is 5.80.